The standard InChI is InChI=1S/C19H22ClN3O4S/c1-4-27-18-8-6-5-7-17(18)23(13-19(24)22-21-14(2)3)28(25,26)16-11-9-15(20)10-12-16/h5-12H,4,13H2,1-3H3,(H,22,24). The highest BCUT2D eigenvalue weighted by Gasteiger charge is 2.29. The van der Waals surface area contributed by atoms with E-state index in [-0.39, 0.29) is 10.6 Å². The summed E-state index contributed by atoms with van der Waals surface area (Å²) in [5.74, 6) is -0.226. The topological polar surface area (TPSA) is 88.1 Å². The molecule has 0 heterocycles. The summed E-state index contributed by atoms with van der Waals surface area (Å²) in [6.07, 6.45) is 0. The maximum atomic E-state index is 13.3. The predicted octanol–water partition coefficient (Wildman–Crippen LogP) is 3.45. The zero-order chi connectivity index (χ0) is 20.7. The number of amides is 1. The number of benzene rings is 2. The van der Waals surface area contributed by atoms with Crippen LogP contribution in [0, 0.1) is 0 Å². The van der Waals surface area contributed by atoms with Gasteiger partial charge in [0.05, 0.1) is 17.2 Å². The Labute approximate surface area is 170 Å². The Balaban J connectivity index is 2.51. The maximum absolute atomic E-state index is 13.3. The number of hydrogen-bond acceptors (Lipinski definition) is 5. The van der Waals surface area contributed by atoms with E-state index < -0.39 is 22.5 Å². The Morgan fingerprint density at radius 3 is 2.39 bits per heavy atom. The molecule has 28 heavy (non-hydrogen) atoms. The summed E-state index contributed by atoms with van der Waals surface area (Å²) in [5, 5.41) is 4.25. The van der Waals surface area contributed by atoms with E-state index in [1.807, 2.05) is 0 Å². The van der Waals surface area contributed by atoms with Crippen LogP contribution >= 0.6 is 11.6 Å². The van der Waals surface area contributed by atoms with Gasteiger partial charge in [0.1, 0.15) is 12.3 Å². The van der Waals surface area contributed by atoms with Crippen molar-refractivity contribution < 1.29 is 17.9 Å². The second-order valence-corrected chi connectivity index (χ2v) is 8.26. The van der Waals surface area contributed by atoms with Crippen LogP contribution in [0.25, 0.3) is 0 Å². The number of ether oxygens (including phenoxy) is 1. The van der Waals surface area contributed by atoms with Crippen molar-refractivity contribution in [2.75, 3.05) is 17.5 Å². The van der Waals surface area contributed by atoms with Crippen LogP contribution in [0.2, 0.25) is 5.02 Å². The number of halogens is 1. The van der Waals surface area contributed by atoms with Crippen molar-refractivity contribution in [2.45, 2.75) is 25.7 Å². The van der Waals surface area contributed by atoms with Gasteiger partial charge >= 0.3 is 0 Å². The molecule has 1 N–H and O–H groups in total. The minimum atomic E-state index is -4.06. The number of carbonyl (C=O) groups is 1. The van der Waals surface area contributed by atoms with Gasteiger partial charge in [-0.15, -0.1) is 0 Å². The van der Waals surface area contributed by atoms with Gasteiger partial charge in [-0.2, -0.15) is 5.10 Å². The van der Waals surface area contributed by atoms with Crippen molar-refractivity contribution in [1.29, 1.82) is 0 Å². The lowest BCUT2D eigenvalue weighted by Crippen LogP contribution is -2.40. The molecule has 0 aromatic heterocycles. The van der Waals surface area contributed by atoms with Crippen LogP contribution in [-0.2, 0) is 14.8 Å². The smallest absolute Gasteiger partial charge is 0.264 e. The van der Waals surface area contributed by atoms with E-state index in [0.717, 1.165) is 4.31 Å². The maximum Gasteiger partial charge on any atom is 0.264 e. The van der Waals surface area contributed by atoms with Crippen molar-refractivity contribution >= 4 is 38.9 Å². The molecule has 7 nitrogen and oxygen atoms in total. The molecule has 9 heteroatoms. The van der Waals surface area contributed by atoms with Crippen molar-refractivity contribution in [3.63, 3.8) is 0 Å². The first-order valence-corrected chi connectivity index (χ1v) is 10.4. The molecule has 2 aromatic carbocycles. The van der Waals surface area contributed by atoms with Gasteiger partial charge in [0.2, 0.25) is 0 Å². The molecule has 2 rings (SSSR count). The lowest BCUT2D eigenvalue weighted by molar-refractivity contribution is -0.119. The third kappa shape index (κ3) is 5.46. The Morgan fingerprint density at radius 2 is 1.79 bits per heavy atom. The van der Waals surface area contributed by atoms with Crippen LogP contribution in [0.5, 0.6) is 5.75 Å². The van der Waals surface area contributed by atoms with E-state index in [9.17, 15) is 13.2 Å². The number of carbonyl (C=O) groups excluding carboxylic acids is 1. The number of hydrogen-bond donors (Lipinski definition) is 1. The molecule has 0 aliphatic heterocycles. The van der Waals surface area contributed by atoms with Gasteiger partial charge in [-0.25, -0.2) is 13.8 Å². The molecular formula is C19H22ClN3O4S. The number of nitrogens with zero attached hydrogens (tertiary/aromatic N) is 2. The van der Waals surface area contributed by atoms with Crippen LogP contribution in [-0.4, -0.2) is 33.2 Å². The summed E-state index contributed by atoms with van der Waals surface area (Å²) in [6, 6.07) is 12.4. The van der Waals surface area contributed by atoms with Gasteiger partial charge in [-0.1, -0.05) is 23.7 Å². The Morgan fingerprint density at radius 1 is 1.14 bits per heavy atom. The first-order valence-electron chi connectivity index (χ1n) is 8.55. The third-order valence-corrected chi connectivity index (χ3v) is 5.55. The zero-order valence-corrected chi connectivity index (χ0v) is 17.4. The van der Waals surface area contributed by atoms with Crippen molar-refractivity contribution in [1.82, 2.24) is 5.43 Å². The lowest BCUT2D eigenvalue weighted by Gasteiger charge is -2.25. The summed E-state index contributed by atoms with van der Waals surface area (Å²) in [7, 11) is -4.06. The van der Waals surface area contributed by atoms with E-state index in [1.165, 1.54) is 24.3 Å². The molecule has 0 radical (unpaired) electrons. The molecule has 0 aliphatic carbocycles. The molecule has 2 aromatic rings. The van der Waals surface area contributed by atoms with Crippen molar-refractivity contribution in [3.05, 3.63) is 53.6 Å². The summed E-state index contributed by atoms with van der Waals surface area (Å²) in [5.41, 5.74) is 3.24. The number of anilines is 1. The van der Waals surface area contributed by atoms with Crippen LogP contribution in [0.1, 0.15) is 20.8 Å². The molecule has 0 saturated heterocycles. The second-order valence-electron chi connectivity index (χ2n) is 5.96. The quantitative estimate of drug-likeness (QED) is 0.520. The molecule has 0 bridgehead atoms. The minimum Gasteiger partial charge on any atom is -0.492 e. The van der Waals surface area contributed by atoms with Crippen molar-refractivity contribution in [2.24, 2.45) is 5.10 Å². The molecular weight excluding hydrogens is 402 g/mol. The fourth-order valence-corrected chi connectivity index (χ4v) is 3.87. The van der Waals surface area contributed by atoms with Gasteiger partial charge in [0, 0.05) is 10.7 Å². The number of sulfonamides is 1. The second kappa shape index (κ2) is 9.57. The Hall–Kier alpha value is -2.58. The third-order valence-electron chi connectivity index (χ3n) is 3.53. The van der Waals surface area contributed by atoms with E-state index in [4.69, 9.17) is 16.3 Å². The van der Waals surface area contributed by atoms with E-state index in [1.54, 1.807) is 45.0 Å². The highest BCUT2D eigenvalue weighted by Crippen LogP contribution is 2.32. The van der Waals surface area contributed by atoms with Gasteiger partial charge in [-0.05, 0) is 57.2 Å². The average Bonchev–Trinajstić information content (AvgIpc) is 2.65. The summed E-state index contributed by atoms with van der Waals surface area (Å²) >= 11 is 5.87. The minimum absolute atomic E-state index is 0.00572. The molecule has 0 spiro atoms. The number of rotatable bonds is 8. The Bertz CT molecular complexity index is 955. The van der Waals surface area contributed by atoms with E-state index >= 15 is 0 Å². The number of hydrazone groups is 1. The molecule has 0 aliphatic rings. The number of nitrogens with one attached hydrogen (secondary N) is 1. The summed E-state index contributed by atoms with van der Waals surface area (Å²) < 4.78 is 33.1. The Kier molecular flexibility index (Phi) is 7.42. The van der Waals surface area contributed by atoms with Gasteiger partial charge in [0.15, 0.2) is 0 Å². The van der Waals surface area contributed by atoms with Crippen LogP contribution in [0.3, 0.4) is 0 Å². The summed E-state index contributed by atoms with van der Waals surface area (Å²) in [4.78, 5) is 12.4. The largest absolute Gasteiger partial charge is 0.492 e. The molecule has 0 fully saturated rings. The predicted molar refractivity (Wildman–Crippen MR) is 111 cm³/mol. The number of para-hydroxylation sites is 2. The fourth-order valence-electron chi connectivity index (χ4n) is 2.31. The lowest BCUT2D eigenvalue weighted by atomic mass is 10.3. The highest BCUT2D eigenvalue weighted by molar-refractivity contribution is 7.92. The molecule has 150 valence electrons. The SMILES string of the molecule is CCOc1ccccc1N(CC(=O)NN=C(C)C)S(=O)(=O)c1ccc(Cl)cc1. The van der Waals surface area contributed by atoms with Gasteiger partial charge in [-0.3, -0.25) is 9.10 Å². The van der Waals surface area contributed by atoms with Gasteiger partial charge < -0.3 is 4.74 Å². The fraction of sp³-hybridized carbons (Fsp3) is 0.263. The highest BCUT2D eigenvalue weighted by atomic mass is 35.5. The summed E-state index contributed by atoms with van der Waals surface area (Å²) in [6.45, 7) is 5.10. The molecule has 1 amide bonds. The van der Waals surface area contributed by atoms with Crippen LogP contribution < -0.4 is 14.5 Å². The monoisotopic (exact) mass is 423 g/mol. The van der Waals surface area contributed by atoms with E-state index in [0.29, 0.717) is 23.1 Å². The average molecular weight is 424 g/mol. The van der Waals surface area contributed by atoms with Crippen LogP contribution in [0.4, 0.5) is 5.69 Å². The first-order chi connectivity index (χ1) is 13.3. The van der Waals surface area contributed by atoms with Crippen molar-refractivity contribution in [3.8, 4) is 5.75 Å². The molecule has 0 atom stereocenters. The first kappa shape index (κ1) is 21.7. The molecule has 0 unspecified atom stereocenters. The zero-order valence-electron chi connectivity index (χ0n) is 15.8. The molecule has 0 saturated carbocycles. The van der Waals surface area contributed by atoms with Crippen LogP contribution in [0.15, 0.2) is 58.5 Å². The van der Waals surface area contributed by atoms with Gasteiger partial charge in [0.25, 0.3) is 15.9 Å². The van der Waals surface area contributed by atoms with E-state index in [2.05, 4.69) is 10.5 Å². The normalized spacial score (nSPS) is 10.9.